The number of carbonyl (C=O) groups is 1. The van der Waals surface area contributed by atoms with E-state index in [1.54, 1.807) is 32.3 Å². The average Bonchev–Trinajstić information content (AvgIpc) is 3.49. The van der Waals surface area contributed by atoms with Gasteiger partial charge in [0, 0.05) is 5.92 Å². The Labute approximate surface area is 215 Å². The van der Waals surface area contributed by atoms with Crippen LogP contribution in [0, 0.1) is 5.92 Å². The molecule has 1 unspecified atom stereocenters. The summed E-state index contributed by atoms with van der Waals surface area (Å²) in [4.78, 5) is 31.5. The first-order valence-corrected chi connectivity index (χ1v) is 13.5. The van der Waals surface area contributed by atoms with Crippen molar-refractivity contribution in [2.75, 3.05) is 17.4 Å². The van der Waals surface area contributed by atoms with E-state index in [1.807, 2.05) is 48.8 Å². The smallest absolute Gasteiger partial charge is 0.382 e. The maximum absolute atomic E-state index is 13.1. The van der Waals surface area contributed by atoms with Gasteiger partial charge >= 0.3 is 13.7 Å². The van der Waals surface area contributed by atoms with Crippen molar-refractivity contribution < 1.29 is 23.2 Å². The van der Waals surface area contributed by atoms with Crippen LogP contribution in [0.2, 0.25) is 0 Å². The van der Waals surface area contributed by atoms with E-state index < -0.39 is 19.3 Å². The Morgan fingerprint density at radius 3 is 2.65 bits per heavy atom. The first-order chi connectivity index (χ1) is 17.5. The number of carbonyl (C=O) groups excluding carboxylic acids is 1. The molecule has 4 N–H and O–H groups in total. The molecule has 2 heterocycles. The molecule has 37 heavy (non-hydrogen) atoms. The highest BCUT2D eigenvalue weighted by molar-refractivity contribution is 7.51. The van der Waals surface area contributed by atoms with Gasteiger partial charge < -0.3 is 14.8 Å². The van der Waals surface area contributed by atoms with Crippen LogP contribution in [-0.2, 0) is 23.2 Å². The minimum Gasteiger partial charge on any atom is -0.382 e. The van der Waals surface area contributed by atoms with E-state index in [9.17, 15) is 9.36 Å². The van der Waals surface area contributed by atoms with Gasteiger partial charge in [-0.15, -0.1) is 0 Å². The highest BCUT2D eigenvalue weighted by atomic mass is 31.2. The number of imidazole rings is 1. The summed E-state index contributed by atoms with van der Waals surface area (Å²) in [5, 5.41) is 1.43. The number of fused-ring (bicyclic) bond motifs is 1. The molecule has 1 aliphatic rings. The van der Waals surface area contributed by atoms with E-state index in [2.05, 4.69) is 15.0 Å². The van der Waals surface area contributed by atoms with Crippen LogP contribution in [0.4, 0.5) is 11.5 Å². The molecule has 0 fully saturated rings. The zero-order valence-corrected chi connectivity index (χ0v) is 22.1. The molecular formula is C24H32N7O5P. The Hall–Kier alpha value is -3.31. The lowest BCUT2D eigenvalue weighted by atomic mass is 10.0. The van der Waals surface area contributed by atoms with E-state index in [0.29, 0.717) is 29.1 Å². The zero-order chi connectivity index (χ0) is 26.8. The highest BCUT2D eigenvalue weighted by Gasteiger charge is 2.42. The van der Waals surface area contributed by atoms with Crippen LogP contribution in [0.3, 0.4) is 0 Å². The van der Waals surface area contributed by atoms with Crippen LogP contribution in [0.1, 0.15) is 40.2 Å². The number of allylic oxidation sites excluding steroid dienone is 1. The summed E-state index contributed by atoms with van der Waals surface area (Å²) in [6.07, 6.45) is 7.35. The van der Waals surface area contributed by atoms with Crippen molar-refractivity contribution in [2.24, 2.45) is 11.4 Å². The van der Waals surface area contributed by atoms with Gasteiger partial charge in [0.25, 0.3) is 0 Å². The SMILES string of the molecule is CC(C)ON(c1ccccc1)C(C)(C)C(=O)OP(N)(=O)OC[C@H]1C=C[C@@H](n2cnc3c(N)ncnc32)C1. The van der Waals surface area contributed by atoms with E-state index in [-0.39, 0.29) is 24.7 Å². The molecule has 1 aliphatic carbocycles. The first-order valence-electron chi connectivity index (χ1n) is 11.9. The molecule has 198 valence electrons. The van der Waals surface area contributed by atoms with Gasteiger partial charge in [-0.05, 0) is 46.2 Å². The Bertz CT molecular complexity index is 1330. The molecule has 2 aromatic heterocycles. The Kier molecular flexibility index (Phi) is 7.65. The van der Waals surface area contributed by atoms with Gasteiger partial charge in [-0.1, -0.05) is 30.4 Å². The number of nitrogen functional groups attached to an aromatic ring is 1. The van der Waals surface area contributed by atoms with E-state index in [4.69, 9.17) is 25.1 Å². The van der Waals surface area contributed by atoms with Crippen molar-refractivity contribution in [3.8, 4) is 0 Å². The Morgan fingerprint density at radius 1 is 1.22 bits per heavy atom. The summed E-state index contributed by atoms with van der Waals surface area (Å²) >= 11 is 0. The van der Waals surface area contributed by atoms with Gasteiger partial charge in [0.05, 0.1) is 30.8 Å². The average molecular weight is 530 g/mol. The molecule has 0 amide bonds. The molecule has 13 heteroatoms. The third kappa shape index (κ3) is 5.99. The van der Waals surface area contributed by atoms with Crippen molar-refractivity contribution in [1.82, 2.24) is 19.5 Å². The van der Waals surface area contributed by atoms with Crippen LogP contribution < -0.4 is 16.3 Å². The van der Waals surface area contributed by atoms with Crippen molar-refractivity contribution in [3.05, 3.63) is 55.1 Å². The number of nitrogens with two attached hydrogens (primary N) is 2. The molecule has 0 aliphatic heterocycles. The number of aromatic nitrogens is 4. The normalized spacial score (nSPS) is 19.3. The lowest BCUT2D eigenvalue weighted by molar-refractivity contribution is -0.144. The number of hydrogen-bond donors (Lipinski definition) is 2. The van der Waals surface area contributed by atoms with E-state index in [1.165, 1.54) is 11.4 Å². The van der Waals surface area contributed by atoms with Crippen molar-refractivity contribution in [2.45, 2.75) is 51.8 Å². The van der Waals surface area contributed by atoms with Crippen LogP contribution in [0.5, 0.6) is 0 Å². The van der Waals surface area contributed by atoms with Gasteiger partial charge in [0.15, 0.2) is 17.0 Å². The topological polar surface area (TPSA) is 161 Å². The van der Waals surface area contributed by atoms with Gasteiger partial charge in [0.1, 0.15) is 11.8 Å². The van der Waals surface area contributed by atoms with E-state index >= 15 is 0 Å². The summed E-state index contributed by atoms with van der Waals surface area (Å²) in [6.45, 7) is 6.88. The molecular weight excluding hydrogens is 497 g/mol. The predicted molar refractivity (Wildman–Crippen MR) is 139 cm³/mol. The number of hydroxylamine groups is 1. The number of nitrogens with zero attached hydrogens (tertiary/aromatic N) is 5. The summed E-state index contributed by atoms with van der Waals surface area (Å²) in [5.41, 5.74) is 12.1. The Balaban J connectivity index is 1.37. The third-order valence-electron chi connectivity index (χ3n) is 5.89. The second-order valence-corrected chi connectivity index (χ2v) is 11.1. The van der Waals surface area contributed by atoms with Crippen LogP contribution >= 0.6 is 7.75 Å². The molecule has 3 atom stereocenters. The van der Waals surface area contributed by atoms with Gasteiger partial charge in [-0.2, -0.15) is 0 Å². The summed E-state index contributed by atoms with van der Waals surface area (Å²) in [5.74, 6) is -0.649. The molecule has 4 rings (SSSR count). The number of para-hydroxylation sites is 1. The molecule has 0 saturated heterocycles. The number of anilines is 2. The van der Waals surface area contributed by atoms with Crippen LogP contribution in [0.15, 0.2) is 55.1 Å². The minimum atomic E-state index is -4.21. The van der Waals surface area contributed by atoms with Crippen molar-refractivity contribution >= 4 is 36.4 Å². The first kappa shape index (κ1) is 26.7. The van der Waals surface area contributed by atoms with Crippen LogP contribution in [0.25, 0.3) is 11.2 Å². The van der Waals surface area contributed by atoms with Crippen LogP contribution in [-0.4, -0.2) is 43.7 Å². The van der Waals surface area contributed by atoms with Gasteiger partial charge in [-0.25, -0.2) is 34.9 Å². The summed E-state index contributed by atoms with van der Waals surface area (Å²) < 4.78 is 25.4. The second-order valence-electron chi connectivity index (χ2n) is 9.59. The number of hydrogen-bond acceptors (Lipinski definition) is 10. The maximum atomic E-state index is 13.1. The molecule has 0 radical (unpaired) electrons. The van der Waals surface area contributed by atoms with Gasteiger partial charge in [0.2, 0.25) is 0 Å². The monoisotopic (exact) mass is 529 g/mol. The van der Waals surface area contributed by atoms with Crippen molar-refractivity contribution in [1.29, 1.82) is 0 Å². The molecule has 0 spiro atoms. The fraction of sp³-hybridized carbons (Fsp3) is 0.417. The highest BCUT2D eigenvalue weighted by Crippen LogP contribution is 2.43. The maximum Gasteiger partial charge on any atom is 0.458 e. The largest absolute Gasteiger partial charge is 0.458 e. The molecule has 0 saturated carbocycles. The predicted octanol–water partition coefficient (Wildman–Crippen LogP) is 3.78. The molecule has 1 aromatic carbocycles. The molecule has 3 aromatic rings. The fourth-order valence-electron chi connectivity index (χ4n) is 4.02. The minimum absolute atomic E-state index is 0.00311. The number of benzene rings is 1. The Morgan fingerprint density at radius 2 is 1.95 bits per heavy atom. The quantitative estimate of drug-likeness (QED) is 0.223. The third-order valence-corrected chi connectivity index (χ3v) is 6.82. The molecule has 12 nitrogen and oxygen atoms in total. The lowest BCUT2D eigenvalue weighted by Gasteiger charge is -2.38. The zero-order valence-electron chi connectivity index (χ0n) is 21.2. The number of rotatable bonds is 10. The summed E-state index contributed by atoms with van der Waals surface area (Å²) in [6, 6.07) is 9.03. The van der Waals surface area contributed by atoms with E-state index in [0.717, 1.165) is 0 Å². The van der Waals surface area contributed by atoms with Gasteiger partial charge in [-0.3, -0.25) is 9.36 Å². The fourth-order valence-corrected chi connectivity index (χ4v) is 4.93. The lowest BCUT2D eigenvalue weighted by Crippen LogP contribution is -2.52. The molecule has 0 bridgehead atoms. The summed E-state index contributed by atoms with van der Waals surface area (Å²) in [7, 11) is -4.21. The second kappa shape index (κ2) is 10.6. The van der Waals surface area contributed by atoms with Crippen molar-refractivity contribution in [3.63, 3.8) is 0 Å². The standard InChI is InChI=1S/C24H32N7O5P/c1-16(2)35-31(18-8-6-5-7-9-18)24(3,4)23(32)36-37(26,33)34-13-17-10-11-19(12-17)30-15-29-20-21(25)27-14-28-22(20)30/h5-11,14-17,19H,12-13H2,1-4H3,(H2,26,33)(H2,25,27,28)/t17-,19+,37?/m0/s1.